The van der Waals surface area contributed by atoms with Crippen molar-refractivity contribution < 1.29 is 22.6 Å². The minimum atomic E-state index is -4.86. The maximum absolute atomic E-state index is 12.7. The van der Waals surface area contributed by atoms with E-state index >= 15 is 0 Å². The minimum Gasteiger partial charge on any atom is -0.402 e. The standard InChI is InChI=1S/C24H34F3N5O2/c1-13(2)31-20(9-19(28)15-8-21(23(29)30-10-15)34-24(25,26)27)22-17-6-14(7-18(17)22)11-32-5-4-16(12-32)33-3/h8-10,13-14,16-18,22H,4-7,11-12,28H2,1-3H3,(H2,29,30)/t14?,16-,17-,18+,22?/m0/s1. The number of hydrogen-bond acceptors (Lipinski definition) is 7. The van der Waals surface area contributed by atoms with Gasteiger partial charge in [-0.3, -0.25) is 4.99 Å². The highest BCUT2D eigenvalue weighted by molar-refractivity contribution is 6.04. The van der Waals surface area contributed by atoms with Crippen molar-refractivity contribution in [2.24, 2.45) is 34.4 Å². The zero-order valence-electron chi connectivity index (χ0n) is 19.9. The maximum Gasteiger partial charge on any atom is 0.573 e. The summed E-state index contributed by atoms with van der Waals surface area (Å²) in [5.41, 5.74) is 13.3. The van der Waals surface area contributed by atoms with Crippen molar-refractivity contribution in [1.29, 1.82) is 0 Å². The van der Waals surface area contributed by atoms with Crippen molar-refractivity contribution >= 4 is 17.2 Å². The molecule has 1 aliphatic heterocycles. The van der Waals surface area contributed by atoms with Gasteiger partial charge in [0, 0.05) is 61.9 Å². The van der Waals surface area contributed by atoms with Crippen LogP contribution in [0, 0.1) is 23.7 Å². The van der Waals surface area contributed by atoms with Crippen LogP contribution in [0.4, 0.5) is 19.0 Å². The molecule has 1 aromatic rings. The highest BCUT2D eigenvalue weighted by Crippen LogP contribution is 2.60. The van der Waals surface area contributed by atoms with Gasteiger partial charge in [0.1, 0.15) is 0 Å². The van der Waals surface area contributed by atoms with Crippen molar-refractivity contribution in [3.8, 4) is 5.75 Å². The van der Waals surface area contributed by atoms with Crippen LogP contribution in [0.2, 0.25) is 0 Å². The first-order chi connectivity index (χ1) is 16.0. The number of methoxy groups -OCH3 is 1. The molecule has 1 aromatic heterocycles. The summed E-state index contributed by atoms with van der Waals surface area (Å²) in [4.78, 5) is 11.1. The minimum absolute atomic E-state index is 0.0837. The Kier molecular flexibility index (Phi) is 7.09. The van der Waals surface area contributed by atoms with E-state index < -0.39 is 12.1 Å². The fourth-order valence-electron chi connectivity index (χ4n) is 5.64. The maximum atomic E-state index is 12.7. The topological polar surface area (TPSA) is 99.0 Å². The molecular weight excluding hydrogens is 447 g/mol. The Labute approximate surface area is 198 Å². The van der Waals surface area contributed by atoms with Gasteiger partial charge in [-0.2, -0.15) is 0 Å². The molecule has 0 aromatic carbocycles. The van der Waals surface area contributed by atoms with Gasteiger partial charge in [-0.25, -0.2) is 4.98 Å². The number of halogens is 3. The summed E-state index contributed by atoms with van der Waals surface area (Å²) >= 11 is 0. The van der Waals surface area contributed by atoms with Crippen LogP contribution in [0.15, 0.2) is 23.3 Å². The highest BCUT2D eigenvalue weighted by Gasteiger charge is 2.57. The number of nitrogens with zero attached hydrogens (tertiary/aromatic N) is 3. The number of fused-ring (bicyclic) bond motifs is 1. The van der Waals surface area contributed by atoms with Crippen molar-refractivity contribution in [3.05, 3.63) is 23.9 Å². The predicted molar refractivity (Wildman–Crippen MR) is 125 cm³/mol. The lowest BCUT2D eigenvalue weighted by molar-refractivity contribution is -0.274. The number of likely N-dealkylation sites (tertiary alicyclic amines) is 1. The number of hydrogen-bond donors (Lipinski definition) is 2. The zero-order valence-corrected chi connectivity index (χ0v) is 19.9. The molecule has 1 saturated heterocycles. The average Bonchev–Trinajstić information content (AvgIpc) is 3.07. The normalized spacial score (nSPS) is 30.1. The van der Waals surface area contributed by atoms with Gasteiger partial charge in [-0.05, 0) is 63.0 Å². The van der Waals surface area contributed by atoms with Gasteiger partial charge in [0.25, 0.3) is 0 Å². The number of aromatic nitrogens is 1. The molecule has 2 aliphatic carbocycles. The van der Waals surface area contributed by atoms with Gasteiger partial charge in [-0.15, -0.1) is 13.2 Å². The summed E-state index contributed by atoms with van der Waals surface area (Å²) in [6.45, 7) is 7.24. The Hall–Kier alpha value is -2.33. The van der Waals surface area contributed by atoms with Gasteiger partial charge in [0.15, 0.2) is 11.6 Å². The van der Waals surface area contributed by atoms with E-state index in [2.05, 4.69) is 14.6 Å². The van der Waals surface area contributed by atoms with Crippen molar-refractivity contribution in [2.45, 2.75) is 51.6 Å². The summed E-state index contributed by atoms with van der Waals surface area (Å²) < 4.78 is 47.5. The van der Waals surface area contributed by atoms with Crippen LogP contribution >= 0.6 is 0 Å². The molecule has 3 aliphatic rings. The summed E-state index contributed by atoms with van der Waals surface area (Å²) in [5, 5.41) is 0. The second-order valence-corrected chi connectivity index (χ2v) is 10.00. The van der Waals surface area contributed by atoms with Gasteiger partial charge in [0.05, 0.1) is 6.10 Å². The Morgan fingerprint density at radius 2 is 2.03 bits per heavy atom. The lowest BCUT2D eigenvalue weighted by Crippen LogP contribution is -2.29. The van der Waals surface area contributed by atoms with E-state index in [9.17, 15) is 13.2 Å². The molecule has 3 fully saturated rings. The Morgan fingerprint density at radius 3 is 2.62 bits per heavy atom. The quantitative estimate of drug-likeness (QED) is 0.550. The zero-order chi connectivity index (χ0) is 24.6. The second-order valence-electron chi connectivity index (χ2n) is 10.00. The van der Waals surface area contributed by atoms with Crippen LogP contribution in [0.1, 0.15) is 38.7 Å². The van der Waals surface area contributed by atoms with Gasteiger partial charge >= 0.3 is 6.36 Å². The van der Waals surface area contributed by atoms with E-state index in [1.54, 1.807) is 13.2 Å². The van der Waals surface area contributed by atoms with E-state index in [1.165, 1.54) is 25.1 Å². The Bertz CT molecular complexity index is 937. The molecule has 0 spiro atoms. The van der Waals surface area contributed by atoms with Crippen LogP contribution in [0.25, 0.3) is 5.70 Å². The second kappa shape index (κ2) is 9.73. The number of ether oxygens (including phenoxy) is 2. The highest BCUT2D eigenvalue weighted by atomic mass is 19.4. The number of alkyl halides is 3. The van der Waals surface area contributed by atoms with E-state index in [4.69, 9.17) is 21.2 Å². The summed E-state index contributed by atoms with van der Waals surface area (Å²) in [6.07, 6.45) is 2.06. The van der Waals surface area contributed by atoms with Crippen molar-refractivity contribution in [3.63, 3.8) is 0 Å². The third-order valence-corrected chi connectivity index (χ3v) is 7.11. The summed E-state index contributed by atoms with van der Waals surface area (Å²) in [7, 11) is 1.78. The Balaban J connectivity index is 1.43. The average molecular weight is 482 g/mol. The van der Waals surface area contributed by atoms with Crippen molar-refractivity contribution in [1.82, 2.24) is 9.88 Å². The summed E-state index contributed by atoms with van der Waals surface area (Å²) in [5.74, 6) is 1.29. The largest absolute Gasteiger partial charge is 0.573 e. The predicted octanol–water partition coefficient (Wildman–Crippen LogP) is 3.70. The first-order valence-corrected chi connectivity index (χ1v) is 11.9. The van der Waals surface area contributed by atoms with Crippen LogP contribution in [-0.4, -0.2) is 60.8 Å². The van der Waals surface area contributed by atoms with Gasteiger partial charge < -0.3 is 25.8 Å². The molecule has 0 radical (unpaired) electrons. The number of aliphatic imine (C=N–C) groups is 1. The molecule has 4 N–H and O–H groups in total. The lowest BCUT2D eigenvalue weighted by Gasteiger charge is -2.22. The molecular formula is C24H34F3N5O2. The van der Waals surface area contributed by atoms with Gasteiger partial charge in [0.2, 0.25) is 0 Å². The SMILES string of the molecule is CO[C@H]1CCN(CC2C[C@@H]3C(C(C=C(N)c4cnc(N)c(OC(F)(F)F)c4)=NC(C)C)[C@@H]3C2)C1. The molecule has 0 amide bonds. The third-order valence-electron chi connectivity index (χ3n) is 7.11. The number of nitrogens with two attached hydrogens (primary N) is 2. The molecule has 0 bridgehead atoms. The van der Waals surface area contributed by atoms with Gasteiger partial charge in [-0.1, -0.05) is 0 Å². The molecule has 10 heteroatoms. The van der Waals surface area contributed by atoms with E-state index in [1.807, 2.05) is 13.8 Å². The number of rotatable bonds is 8. The number of nitrogen functional groups attached to an aromatic ring is 1. The van der Waals surface area contributed by atoms with E-state index in [-0.39, 0.29) is 11.9 Å². The molecule has 34 heavy (non-hydrogen) atoms. The number of anilines is 1. The fraction of sp³-hybridized carbons (Fsp3) is 0.667. The van der Waals surface area contributed by atoms with Crippen LogP contribution in [-0.2, 0) is 4.74 Å². The molecule has 2 unspecified atom stereocenters. The van der Waals surface area contributed by atoms with E-state index in [0.29, 0.717) is 41.0 Å². The fourth-order valence-corrected chi connectivity index (χ4v) is 5.64. The van der Waals surface area contributed by atoms with Crippen molar-refractivity contribution in [2.75, 3.05) is 32.5 Å². The molecule has 188 valence electrons. The van der Waals surface area contributed by atoms with E-state index in [0.717, 1.165) is 31.8 Å². The first kappa shape index (κ1) is 24.8. The lowest BCUT2D eigenvalue weighted by atomic mass is 9.96. The summed E-state index contributed by atoms with van der Waals surface area (Å²) in [6, 6.07) is 1.25. The molecule has 2 heterocycles. The monoisotopic (exact) mass is 481 g/mol. The molecule has 5 atom stereocenters. The number of pyridine rings is 1. The number of allylic oxidation sites excluding steroid dienone is 1. The van der Waals surface area contributed by atoms with Crippen LogP contribution in [0.3, 0.4) is 0 Å². The smallest absolute Gasteiger partial charge is 0.402 e. The molecule has 4 rings (SSSR count). The molecule has 2 saturated carbocycles. The first-order valence-electron chi connectivity index (χ1n) is 11.9. The third kappa shape index (κ3) is 5.83. The van der Waals surface area contributed by atoms with Crippen LogP contribution in [0.5, 0.6) is 5.75 Å². The Morgan fingerprint density at radius 1 is 1.32 bits per heavy atom. The molecule has 7 nitrogen and oxygen atoms in total. The van der Waals surface area contributed by atoms with Crippen LogP contribution < -0.4 is 16.2 Å².